The third kappa shape index (κ3) is 6.23. The van der Waals surface area contributed by atoms with Crippen LogP contribution in [0.1, 0.15) is 45.5 Å². The molecule has 176 valence electrons. The summed E-state index contributed by atoms with van der Waals surface area (Å²) in [4.78, 5) is 26.1. The highest BCUT2D eigenvalue weighted by Crippen LogP contribution is 2.23. The summed E-state index contributed by atoms with van der Waals surface area (Å²) >= 11 is 0. The first-order chi connectivity index (χ1) is 16.7. The number of amides is 2. The van der Waals surface area contributed by atoms with E-state index in [1.807, 2.05) is 42.5 Å². The molecule has 3 aromatic carbocycles. The molecule has 1 heterocycles. The third-order valence-electron chi connectivity index (χ3n) is 5.58. The van der Waals surface area contributed by atoms with Crippen LogP contribution in [0.5, 0.6) is 11.5 Å². The van der Waals surface area contributed by atoms with Crippen molar-refractivity contribution in [1.82, 2.24) is 4.90 Å². The smallest absolute Gasteiger partial charge is 0.261 e. The van der Waals surface area contributed by atoms with Gasteiger partial charge < -0.3 is 14.2 Å². The minimum absolute atomic E-state index is 0.198. The molecule has 34 heavy (non-hydrogen) atoms. The average Bonchev–Trinajstić information content (AvgIpc) is 3.11. The van der Waals surface area contributed by atoms with Crippen LogP contribution in [0.3, 0.4) is 0 Å². The molecule has 6 nitrogen and oxygen atoms in total. The number of ether oxygens (including phenoxy) is 3. The Balaban J connectivity index is 1.11. The minimum Gasteiger partial charge on any atom is -0.493 e. The Kier molecular flexibility index (Phi) is 8.30. The summed E-state index contributed by atoms with van der Waals surface area (Å²) in [6.07, 6.45) is 2.97. The van der Waals surface area contributed by atoms with E-state index in [2.05, 4.69) is 12.1 Å². The number of carbonyl (C=O) groups is 2. The fourth-order valence-corrected chi connectivity index (χ4v) is 3.79. The Morgan fingerprint density at radius 2 is 1.24 bits per heavy atom. The first kappa shape index (κ1) is 23.5. The monoisotopic (exact) mass is 459 g/mol. The first-order valence-corrected chi connectivity index (χ1v) is 11.6. The van der Waals surface area contributed by atoms with Gasteiger partial charge in [-0.25, -0.2) is 0 Å². The maximum atomic E-state index is 12.4. The fourth-order valence-electron chi connectivity index (χ4n) is 3.79. The summed E-state index contributed by atoms with van der Waals surface area (Å²) in [5.74, 6) is 0.834. The van der Waals surface area contributed by atoms with Gasteiger partial charge in [0.15, 0.2) is 0 Å². The molecule has 0 bridgehead atoms. The molecule has 2 amide bonds. The zero-order chi connectivity index (χ0) is 23.6. The van der Waals surface area contributed by atoms with Gasteiger partial charge in [0.1, 0.15) is 18.1 Å². The van der Waals surface area contributed by atoms with E-state index in [0.717, 1.165) is 31.6 Å². The van der Waals surface area contributed by atoms with Gasteiger partial charge in [0.25, 0.3) is 11.8 Å². The van der Waals surface area contributed by atoms with E-state index in [1.54, 1.807) is 24.3 Å². The van der Waals surface area contributed by atoms with Crippen molar-refractivity contribution < 1.29 is 23.8 Å². The molecule has 0 saturated carbocycles. The second-order valence-corrected chi connectivity index (χ2v) is 8.08. The highest BCUT2D eigenvalue weighted by atomic mass is 16.5. The largest absolute Gasteiger partial charge is 0.493 e. The molecule has 6 heteroatoms. The van der Waals surface area contributed by atoms with Crippen molar-refractivity contribution in [3.8, 4) is 11.5 Å². The van der Waals surface area contributed by atoms with Crippen LogP contribution in [-0.2, 0) is 11.3 Å². The van der Waals surface area contributed by atoms with Crippen LogP contribution < -0.4 is 9.47 Å². The molecule has 0 radical (unpaired) electrons. The lowest BCUT2D eigenvalue weighted by Gasteiger charge is -2.15. The maximum absolute atomic E-state index is 12.4. The summed E-state index contributed by atoms with van der Waals surface area (Å²) < 4.78 is 17.3. The lowest BCUT2D eigenvalue weighted by atomic mass is 10.1. The van der Waals surface area contributed by atoms with Crippen LogP contribution >= 0.6 is 0 Å². The fraction of sp³-hybridized carbons (Fsp3) is 0.286. The van der Waals surface area contributed by atoms with Gasteiger partial charge >= 0.3 is 0 Å². The molecule has 1 aliphatic heterocycles. The van der Waals surface area contributed by atoms with Crippen LogP contribution in [0.25, 0.3) is 0 Å². The van der Waals surface area contributed by atoms with Crippen molar-refractivity contribution in [2.24, 2.45) is 0 Å². The lowest BCUT2D eigenvalue weighted by molar-refractivity contribution is 0.0631. The zero-order valence-corrected chi connectivity index (χ0v) is 19.2. The van der Waals surface area contributed by atoms with E-state index >= 15 is 0 Å². The van der Waals surface area contributed by atoms with E-state index in [0.29, 0.717) is 30.1 Å². The third-order valence-corrected chi connectivity index (χ3v) is 5.58. The SMILES string of the molecule is O=C1c2ccccc2C(=O)N1CCOc1cccc(OCCCCCOCc2ccccc2)c1. The van der Waals surface area contributed by atoms with Crippen molar-refractivity contribution in [1.29, 1.82) is 0 Å². The van der Waals surface area contributed by atoms with Gasteiger partial charge in [-0.1, -0.05) is 48.5 Å². The molecule has 0 aliphatic carbocycles. The van der Waals surface area contributed by atoms with Gasteiger partial charge in [-0.15, -0.1) is 0 Å². The van der Waals surface area contributed by atoms with Gasteiger partial charge in [-0.2, -0.15) is 0 Å². The molecule has 0 unspecified atom stereocenters. The number of rotatable bonds is 13. The number of fused-ring (bicyclic) bond motifs is 1. The highest BCUT2D eigenvalue weighted by Gasteiger charge is 2.34. The number of imide groups is 1. The van der Waals surface area contributed by atoms with E-state index < -0.39 is 0 Å². The van der Waals surface area contributed by atoms with Crippen LogP contribution in [0.2, 0.25) is 0 Å². The molecule has 0 atom stereocenters. The van der Waals surface area contributed by atoms with E-state index in [-0.39, 0.29) is 25.0 Å². The minimum atomic E-state index is -0.272. The van der Waals surface area contributed by atoms with Crippen molar-refractivity contribution in [2.45, 2.75) is 25.9 Å². The molecule has 0 fully saturated rings. The van der Waals surface area contributed by atoms with Gasteiger partial charge in [-0.3, -0.25) is 14.5 Å². The number of carbonyl (C=O) groups excluding carboxylic acids is 2. The summed E-state index contributed by atoms with van der Waals surface area (Å²) in [6, 6.07) is 24.5. The Bertz CT molecular complexity index is 1060. The number of hydrogen-bond donors (Lipinski definition) is 0. The molecule has 0 N–H and O–H groups in total. The van der Waals surface area contributed by atoms with E-state index in [4.69, 9.17) is 14.2 Å². The normalized spacial score (nSPS) is 12.6. The van der Waals surface area contributed by atoms with Crippen LogP contribution in [0.15, 0.2) is 78.9 Å². The Labute approximate surface area is 200 Å². The van der Waals surface area contributed by atoms with Gasteiger partial charge in [0.05, 0.1) is 30.9 Å². The predicted octanol–water partition coefficient (Wildman–Crippen LogP) is 5.13. The van der Waals surface area contributed by atoms with Crippen LogP contribution in [-0.4, -0.2) is 43.1 Å². The highest BCUT2D eigenvalue weighted by molar-refractivity contribution is 6.21. The molecular weight excluding hydrogens is 430 g/mol. The lowest BCUT2D eigenvalue weighted by Crippen LogP contribution is -2.33. The van der Waals surface area contributed by atoms with E-state index in [1.165, 1.54) is 10.5 Å². The van der Waals surface area contributed by atoms with Gasteiger partial charge in [-0.05, 0) is 49.1 Å². The number of benzene rings is 3. The molecule has 0 spiro atoms. The van der Waals surface area contributed by atoms with E-state index in [9.17, 15) is 9.59 Å². The molecule has 0 aromatic heterocycles. The van der Waals surface area contributed by atoms with Crippen molar-refractivity contribution in [2.75, 3.05) is 26.4 Å². The summed E-state index contributed by atoms with van der Waals surface area (Å²) in [5, 5.41) is 0. The van der Waals surface area contributed by atoms with Crippen molar-refractivity contribution >= 4 is 11.8 Å². The molecular formula is C28H29NO5. The summed E-state index contributed by atoms with van der Waals surface area (Å²) in [5.41, 5.74) is 2.09. The Morgan fingerprint density at radius 3 is 1.94 bits per heavy atom. The molecule has 3 aromatic rings. The topological polar surface area (TPSA) is 65.1 Å². The second-order valence-electron chi connectivity index (χ2n) is 8.08. The standard InChI is InChI=1S/C28H29NO5/c30-27-25-14-5-6-15-26(25)28(31)29(27)16-19-34-24-13-9-12-23(20-24)33-18-8-2-7-17-32-21-22-10-3-1-4-11-22/h1,3-6,9-15,20H,2,7-8,16-19,21H2. The van der Waals surface area contributed by atoms with Gasteiger partial charge in [0.2, 0.25) is 0 Å². The quantitative estimate of drug-likeness (QED) is 0.262. The van der Waals surface area contributed by atoms with Crippen molar-refractivity contribution in [3.63, 3.8) is 0 Å². The second kappa shape index (κ2) is 12.0. The Morgan fingerprint density at radius 1 is 0.618 bits per heavy atom. The van der Waals surface area contributed by atoms with Gasteiger partial charge in [0, 0.05) is 12.7 Å². The first-order valence-electron chi connectivity index (χ1n) is 11.6. The number of unbranched alkanes of at least 4 members (excludes halogenated alkanes) is 2. The zero-order valence-electron chi connectivity index (χ0n) is 19.2. The molecule has 0 saturated heterocycles. The summed E-state index contributed by atoms with van der Waals surface area (Å²) in [6.45, 7) is 2.43. The molecule has 4 rings (SSSR count). The summed E-state index contributed by atoms with van der Waals surface area (Å²) in [7, 11) is 0. The van der Waals surface area contributed by atoms with Crippen molar-refractivity contribution in [3.05, 3.63) is 95.6 Å². The average molecular weight is 460 g/mol. The maximum Gasteiger partial charge on any atom is 0.261 e. The Hall–Kier alpha value is -3.64. The van der Waals surface area contributed by atoms with Crippen LogP contribution in [0.4, 0.5) is 0 Å². The van der Waals surface area contributed by atoms with Crippen LogP contribution in [0, 0.1) is 0 Å². The number of nitrogens with zero attached hydrogens (tertiary/aromatic N) is 1. The number of hydrogen-bond acceptors (Lipinski definition) is 5. The predicted molar refractivity (Wildman–Crippen MR) is 129 cm³/mol. The molecule has 1 aliphatic rings.